The van der Waals surface area contributed by atoms with E-state index < -0.39 is 23.5 Å². The van der Waals surface area contributed by atoms with Gasteiger partial charge < -0.3 is 20.5 Å². The van der Waals surface area contributed by atoms with Gasteiger partial charge in [-0.2, -0.15) is 0 Å². The Labute approximate surface area is 193 Å². The van der Waals surface area contributed by atoms with Gasteiger partial charge in [-0.3, -0.25) is 4.79 Å². The fourth-order valence-corrected chi connectivity index (χ4v) is 4.53. The Hall–Kier alpha value is -3.35. The van der Waals surface area contributed by atoms with Crippen LogP contribution in [0.3, 0.4) is 0 Å². The summed E-state index contributed by atoms with van der Waals surface area (Å²) in [6.45, 7) is 4.15. The molecule has 0 aromatic heterocycles. The molecule has 2 amide bonds. The summed E-state index contributed by atoms with van der Waals surface area (Å²) in [5.74, 6) is -1.26. The molecule has 0 heterocycles. The molecule has 7 nitrogen and oxygen atoms in total. The molecule has 33 heavy (non-hydrogen) atoms. The summed E-state index contributed by atoms with van der Waals surface area (Å²) in [6, 6.07) is 15.3. The second-order valence-corrected chi connectivity index (χ2v) is 9.45. The number of benzene rings is 2. The third-order valence-electron chi connectivity index (χ3n) is 6.56. The Morgan fingerprint density at radius 2 is 1.61 bits per heavy atom. The van der Waals surface area contributed by atoms with Crippen LogP contribution in [0.25, 0.3) is 11.1 Å². The van der Waals surface area contributed by atoms with E-state index in [1.54, 1.807) is 0 Å². The Balaban J connectivity index is 1.32. The molecule has 2 aromatic rings. The number of carbonyl (C=O) groups is 3. The van der Waals surface area contributed by atoms with E-state index in [0.29, 0.717) is 19.3 Å². The van der Waals surface area contributed by atoms with Gasteiger partial charge in [0.05, 0.1) is 5.41 Å². The van der Waals surface area contributed by atoms with Crippen LogP contribution in [0.5, 0.6) is 0 Å². The molecule has 1 atom stereocenters. The van der Waals surface area contributed by atoms with Crippen LogP contribution in [-0.2, 0) is 14.3 Å². The second-order valence-electron chi connectivity index (χ2n) is 9.45. The minimum absolute atomic E-state index is 0.0336. The number of ether oxygens (including phenoxy) is 1. The zero-order valence-corrected chi connectivity index (χ0v) is 19.0. The molecule has 2 aromatic carbocycles. The first-order chi connectivity index (χ1) is 15.8. The molecular weight excluding hydrogens is 420 g/mol. The SMILES string of the molecule is CC(C)CC(NC(=O)C1(CNC(=O)OCC2c3ccccc3-c3ccccc32)CC1)C(=O)O. The standard InChI is InChI=1S/C26H30N2O5/c1-16(2)13-22(23(29)30)28-24(31)26(11-12-26)15-27-25(32)33-14-21-19-9-5-3-7-17(19)18-8-4-6-10-20(18)21/h3-10,16,21-22H,11-15H2,1-2H3,(H,27,32)(H,28,31)(H,29,30). The lowest BCUT2D eigenvalue weighted by Crippen LogP contribution is -2.48. The topological polar surface area (TPSA) is 105 Å². The van der Waals surface area contributed by atoms with Crippen molar-refractivity contribution in [3.63, 3.8) is 0 Å². The number of alkyl carbamates (subject to hydrolysis) is 1. The monoisotopic (exact) mass is 450 g/mol. The van der Waals surface area contributed by atoms with Crippen LogP contribution < -0.4 is 10.6 Å². The van der Waals surface area contributed by atoms with Crippen LogP contribution >= 0.6 is 0 Å². The minimum Gasteiger partial charge on any atom is -0.480 e. The summed E-state index contributed by atoms with van der Waals surface area (Å²) in [6.07, 6.45) is 0.997. The van der Waals surface area contributed by atoms with Gasteiger partial charge in [0, 0.05) is 12.5 Å². The van der Waals surface area contributed by atoms with Crippen LogP contribution in [0.1, 0.15) is 50.2 Å². The van der Waals surface area contributed by atoms with Gasteiger partial charge in [0.15, 0.2) is 0 Å². The van der Waals surface area contributed by atoms with Gasteiger partial charge in [0.1, 0.15) is 12.6 Å². The number of rotatable bonds is 9. The highest BCUT2D eigenvalue weighted by molar-refractivity contribution is 5.90. The van der Waals surface area contributed by atoms with Crippen LogP contribution in [0.15, 0.2) is 48.5 Å². The Kier molecular flexibility index (Phi) is 6.40. The molecule has 0 saturated heterocycles. The number of carboxylic acids is 1. The summed E-state index contributed by atoms with van der Waals surface area (Å²) in [5.41, 5.74) is 3.83. The maximum atomic E-state index is 12.7. The molecular formula is C26H30N2O5. The van der Waals surface area contributed by atoms with Crippen LogP contribution in [0.4, 0.5) is 4.79 Å². The highest BCUT2D eigenvalue weighted by Gasteiger charge is 2.50. The summed E-state index contributed by atoms with van der Waals surface area (Å²) in [4.78, 5) is 36.6. The van der Waals surface area contributed by atoms with Crippen molar-refractivity contribution in [3.05, 3.63) is 59.7 Å². The molecule has 2 aliphatic rings. The van der Waals surface area contributed by atoms with E-state index in [1.165, 1.54) is 0 Å². The van der Waals surface area contributed by atoms with Crippen molar-refractivity contribution in [3.8, 4) is 11.1 Å². The maximum Gasteiger partial charge on any atom is 0.407 e. The molecule has 7 heteroatoms. The Bertz CT molecular complexity index is 1010. The van der Waals surface area contributed by atoms with Gasteiger partial charge in [-0.1, -0.05) is 62.4 Å². The molecule has 0 aliphatic heterocycles. The molecule has 174 valence electrons. The average molecular weight is 451 g/mol. The van der Waals surface area contributed by atoms with Crippen molar-refractivity contribution < 1.29 is 24.2 Å². The zero-order valence-electron chi connectivity index (χ0n) is 19.0. The number of fused-ring (bicyclic) bond motifs is 3. The molecule has 1 unspecified atom stereocenters. The summed E-state index contributed by atoms with van der Waals surface area (Å²) in [7, 11) is 0. The highest BCUT2D eigenvalue weighted by Crippen LogP contribution is 2.46. The molecule has 0 bridgehead atoms. The van der Waals surface area contributed by atoms with Crippen molar-refractivity contribution >= 4 is 18.0 Å². The van der Waals surface area contributed by atoms with Crippen LogP contribution in [-0.4, -0.2) is 42.3 Å². The molecule has 0 radical (unpaired) electrons. The van der Waals surface area contributed by atoms with E-state index in [2.05, 4.69) is 34.9 Å². The van der Waals surface area contributed by atoms with Crippen molar-refractivity contribution in [2.75, 3.05) is 13.2 Å². The predicted molar refractivity (Wildman–Crippen MR) is 124 cm³/mol. The Morgan fingerprint density at radius 1 is 1.03 bits per heavy atom. The van der Waals surface area contributed by atoms with Gasteiger partial charge in [-0.25, -0.2) is 9.59 Å². The summed E-state index contributed by atoms with van der Waals surface area (Å²) < 4.78 is 5.54. The van der Waals surface area contributed by atoms with Gasteiger partial charge in [0.2, 0.25) is 5.91 Å². The van der Waals surface area contributed by atoms with E-state index in [0.717, 1.165) is 22.3 Å². The number of nitrogens with one attached hydrogen (secondary N) is 2. The molecule has 2 aliphatic carbocycles. The fourth-order valence-electron chi connectivity index (χ4n) is 4.53. The quantitative estimate of drug-likeness (QED) is 0.537. The summed E-state index contributed by atoms with van der Waals surface area (Å²) >= 11 is 0. The van der Waals surface area contributed by atoms with Gasteiger partial charge in [-0.15, -0.1) is 0 Å². The van der Waals surface area contributed by atoms with Gasteiger partial charge >= 0.3 is 12.1 Å². The lowest BCUT2D eigenvalue weighted by atomic mass is 9.98. The number of aliphatic carboxylic acids is 1. The molecule has 4 rings (SSSR count). The number of carboxylic acid groups (broad SMARTS) is 1. The van der Waals surface area contributed by atoms with E-state index >= 15 is 0 Å². The molecule has 1 saturated carbocycles. The van der Waals surface area contributed by atoms with Crippen molar-refractivity contribution in [1.82, 2.24) is 10.6 Å². The number of hydrogen-bond donors (Lipinski definition) is 3. The second kappa shape index (κ2) is 9.25. The third kappa shape index (κ3) is 4.87. The van der Waals surface area contributed by atoms with Gasteiger partial charge in [0.25, 0.3) is 0 Å². The molecule has 0 spiro atoms. The Morgan fingerprint density at radius 3 is 2.12 bits per heavy atom. The smallest absolute Gasteiger partial charge is 0.407 e. The number of carbonyl (C=O) groups excluding carboxylic acids is 2. The van der Waals surface area contributed by atoms with Crippen LogP contribution in [0, 0.1) is 11.3 Å². The first-order valence-electron chi connectivity index (χ1n) is 11.4. The van der Waals surface area contributed by atoms with Crippen molar-refractivity contribution in [1.29, 1.82) is 0 Å². The summed E-state index contributed by atoms with van der Waals surface area (Å²) in [5, 5.41) is 14.7. The number of amides is 2. The minimum atomic E-state index is -1.04. The van der Waals surface area contributed by atoms with E-state index in [-0.39, 0.29) is 30.9 Å². The highest BCUT2D eigenvalue weighted by atomic mass is 16.5. The first-order valence-corrected chi connectivity index (χ1v) is 11.4. The number of hydrogen-bond acceptors (Lipinski definition) is 4. The van der Waals surface area contributed by atoms with Crippen LogP contribution in [0.2, 0.25) is 0 Å². The van der Waals surface area contributed by atoms with Gasteiger partial charge in [-0.05, 0) is 47.4 Å². The van der Waals surface area contributed by atoms with E-state index in [9.17, 15) is 19.5 Å². The zero-order chi connectivity index (χ0) is 23.6. The first kappa shape index (κ1) is 22.8. The van der Waals surface area contributed by atoms with E-state index in [4.69, 9.17) is 4.74 Å². The van der Waals surface area contributed by atoms with Crippen molar-refractivity contribution in [2.45, 2.75) is 45.1 Å². The third-order valence-corrected chi connectivity index (χ3v) is 6.56. The normalized spacial score (nSPS) is 16.5. The van der Waals surface area contributed by atoms with E-state index in [1.807, 2.05) is 38.1 Å². The van der Waals surface area contributed by atoms with Crippen molar-refractivity contribution in [2.24, 2.45) is 11.3 Å². The molecule has 1 fully saturated rings. The maximum absolute atomic E-state index is 12.7. The lowest BCUT2D eigenvalue weighted by Gasteiger charge is -2.21. The average Bonchev–Trinajstić information content (AvgIpc) is 3.52. The predicted octanol–water partition coefficient (Wildman–Crippen LogP) is 3.92. The lowest BCUT2D eigenvalue weighted by molar-refractivity contribution is -0.143. The molecule has 3 N–H and O–H groups in total. The fraction of sp³-hybridized carbons (Fsp3) is 0.423. The largest absolute Gasteiger partial charge is 0.480 e.